The molecule has 1 aliphatic heterocycles. The molecular weight excluding hydrogens is 169 g/mol. The second-order valence-electron chi connectivity index (χ2n) is 2.81. The number of hydroxylamine groups is 1. The highest BCUT2D eigenvalue weighted by Crippen LogP contribution is 2.54. The highest BCUT2D eigenvalue weighted by atomic mass is 31.2. The lowest BCUT2D eigenvalue weighted by molar-refractivity contribution is -0.506. The van der Waals surface area contributed by atoms with Crippen molar-refractivity contribution in [2.24, 2.45) is 0 Å². The molecule has 1 unspecified atom stereocenters. The first-order valence-electron chi connectivity index (χ1n) is 3.23. The van der Waals surface area contributed by atoms with Crippen LogP contribution in [0.2, 0.25) is 0 Å². The van der Waals surface area contributed by atoms with E-state index in [0.717, 1.165) is 0 Å². The van der Waals surface area contributed by atoms with Crippen LogP contribution in [0.4, 0.5) is 0 Å². The van der Waals surface area contributed by atoms with Gasteiger partial charge in [0.1, 0.15) is 0 Å². The summed E-state index contributed by atoms with van der Waals surface area (Å²) in [7, 11) is -4.30. The lowest BCUT2D eigenvalue weighted by Crippen LogP contribution is -2.31. The maximum absolute atomic E-state index is 10.9. The second-order valence-corrected chi connectivity index (χ2v) is 4.86. The van der Waals surface area contributed by atoms with Gasteiger partial charge in [-0.05, 0) is 0 Å². The van der Waals surface area contributed by atoms with Gasteiger partial charge in [0.15, 0.2) is 6.21 Å². The van der Waals surface area contributed by atoms with Crippen molar-refractivity contribution in [1.82, 2.24) is 0 Å². The summed E-state index contributed by atoms with van der Waals surface area (Å²) in [4.78, 5) is 17.6. The molecule has 0 bridgehead atoms. The van der Waals surface area contributed by atoms with E-state index in [2.05, 4.69) is 0 Å². The van der Waals surface area contributed by atoms with E-state index in [1.807, 2.05) is 0 Å². The Kier molecular flexibility index (Phi) is 1.82. The molecule has 0 spiro atoms. The quantitative estimate of drug-likeness (QED) is 0.343. The monoisotopic (exact) mass is 179 g/mol. The van der Waals surface area contributed by atoms with Crippen molar-refractivity contribution in [3.05, 3.63) is 5.21 Å². The van der Waals surface area contributed by atoms with Crippen LogP contribution in [-0.2, 0) is 4.57 Å². The molecule has 0 saturated heterocycles. The van der Waals surface area contributed by atoms with Crippen molar-refractivity contribution in [3.8, 4) is 0 Å². The Morgan fingerprint density at radius 1 is 1.73 bits per heavy atom. The zero-order valence-corrected chi connectivity index (χ0v) is 6.99. The summed E-state index contributed by atoms with van der Waals surface area (Å²) in [5.41, 5.74) is 0. The average Bonchev–Trinajstić information content (AvgIpc) is 2.12. The first-order chi connectivity index (χ1) is 4.88. The third-order valence-electron chi connectivity index (χ3n) is 2.02. The zero-order valence-electron chi connectivity index (χ0n) is 6.10. The highest BCUT2D eigenvalue weighted by Gasteiger charge is 2.52. The molecule has 11 heavy (non-hydrogen) atoms. The van der Waals surface area contributed by atoms with Gasteiger partial charge in [0.2, 0.25) is 0 Å². The van der Waals surface area contributed by atoms with Gasteiger partial charge in [-0.3, -0.25) is 4.57 Å². The predicted molar refractivity (Wildman–Crippen MR) is 39.4 cm³/mol. The maximum Gasteiger partial charge on any atom is 0.396 e. The summed E-state index contributed by atoms with van der Waals surface area (Å²) in [5.74, 6) is 0. The van der Waals surface area contributed by atoms with Crippen molar-refractivity contribution >= 4 is 13.8 Å². The lowest BCUT2D eigenvalue weighted by Gasteiger charge is -2.23. The van der Waals surface area contributed by atoms with E-state index in [0.29, 0.717) is 11.2 Å². The fraction of sp³-hybridized carbons (Fsp3) is 0.800. The first kappa shape index (κ1) is 8.71. The Hall–Kier alpha value is -0.380. The Labute approximate surface area is 64.1 Å². The van der Waals surface area contributed by atoms with Crippen molar-refractivity contribution in [2.75, 3.05) is 0 Å². The molecule has 0 amide bonds. The summed E-state index contributed by atoms with van der Waals surface area (Å²) < 4.78 is 11.2. The van der Waals surface area contributed by atoms with E-state index >= 15 is 0 Å². The second kappa shape index (κ2) is 2.30. The van der Waals surface area contributed by atoms with Gasteiger partial charge in [-0.2, -0.15) is 4.74 Å². The standard InChI is InChI=1S/C5H10NO4P/c1-5(11(8,9)10)3-2-4-6(5)7/h4H,2-3H2,1H3,(H2,8,9,10). The minimum Gasteiger partial charge on any atom is -0.623 e. The molecular formula is C5H10NO4P. The topological polar surface area (TPSA) is 83.6 Å². The van der Waals surface area contributed by atoms with E-state index < -0.39 is 12.9 Å². The molecule has 64 valence electrons. The van der Waals surface area contributed by atoms with Crippen LogP contribution in [-0.4, -0.2) is 26.0 Å². The van der Waals surface area contributed by atoms with Gasteiger partial charge in [0.05, 0.1) is 0 Å². The summed E-state index contributed by atoms with van der Waals surface area (Å²) in [6.45, 7) is 1.28. The first-order valence-corrected chi connectivity index (χ1v) is 4.84. The number of nitrogens with zero attached hydrogens (tertiary/aromatic N) is 1. The minimum absolute atomic E-state index is 0.223. The summed E-state index contributed by atoms with van der Waals surface area (Å²) in [6, 6.07) is 0. The van der Waals surface area contributed by atoms with Gasteiger partial charge < -0.3 is 15.0 Å². The average molecular weight is 179 g/mol. The van der Waals surface area contributed by atoms with Gasteiger partial charge in [-0.15, -0.1) is 0 Å². The van der Waals surface area contributed by atoms with Crippen LogP contribution >= 0.6 is 7.60 Å². The molecule has 0 saturated carbocycles. The highest BCUT2D eigenvalue weighted by molar-refractivity contribution is 7.53. The third kappa shape index (κ3) is 1.20. The molecule has 1 heterocycles. The van der Waals surface area contributed by atoms with Gasteiger partial charge in [-0.25, -0.2) is 0 Å². The molecule has 0 aromatic carbocycles. The lowest BCUT2D eigenvalue weighted by atomic mass is 10.2. The summed E-state index contributed by atoms with van der Waals surface area (Å²) >= 11 is 0. The fourth-order valence-corrected chi connectivity index (χ4v) is 1.79. The van der Waals surface area contributed by atoms with Crippen LogP contribution in [0.5, 0.6) is 0 Å². The Morgan fingerprint density at radius 2 is 2.27 bits per heavy atom. The van der Waals surface area contributed by atoms with Crippen molar-refractivity contribution in [2.45, 2.75) is 25.0 Å². The zero-order chi connectivity index (χ0) is 8.70. The predicted octanol–water partition coefficient (Wildman–Crippen LogP) is 0.255. The van der Waals surface area contributed by atoms with Gasteiger partial charge in [0, 0.05) is 19.8 Å². The molecule has 6 heteroatoms. The van der Waals surface area contributed by atoms with Crippen LogP contribution in [0, 0.1) is 5.21 Å². The molecule has 0 aromatic heterocycles. The Balaban J connectivity index is 3.02. The van der Waals surface area contributed by atoms with Crippen molar-refractivity contribution < 1.29 is 19.1 Å². The SMILES string of the molecule is CC1(P(=O)(O)O)CCC=[N+]1[O-]. The van der Waals surface area contributed by atoms with E-state index in [4.69, 9.17) is 9.79 Å². The minimum atomic E-state index is -4.30. The third-order valence-corrected chi connectivity index (χ3v) is 3.69. The molecule has 0 radical (unpaired) electrons. The van der Waals surface area contributed by atoms with E-state index in [9.17, 15) is 9.77 Å². The molecule has 5 nitrogen and oxygen atoms in total. The Morgan fingerprint density at radius 3 is 2.45 bits per heavy atom. The molecule has 2 N–H and O–H groups in total. The fourth-order valence-electron chi connectivity index (χ4n) is 1.04. The molecule has 0 aliphatic carbocycles. The van der Waals surface area contributed by atoms with Crippen LogP contribution in [0.3, 0.4) is 0 Å². The molecule has 1 atom stereocenters. The van der Waals surface area contributed by atoms with Crippen LogP contribution < -0.4 is 0 Å². The largest absolute Gasteiger partial charge is 0.623 e. The van der Waals surface area contributed by atoms with Crippen LogP contribution in [0.1, 0.15) is 19.8 Å². The smallest absolute Gasteiger partial charge is 0.396 e. The van der Waals surface area contributed by atoms with Crippen molar-refractivity contribution in [3.63, 3.8) is 0 Å². The molecule has 0 fully saturated rings. The number of hydrogen-bond acceptors (Lipinski definition) is 2. The number of rotatable bonds is 1. The number of hydrogen-bond donors (Lipinski definition) is 2. The van der Waals surface area contributed by atoms with Crippen molar-refractivity contribution in [1.29, 1.82) is 0 Å². The van der Waals surface area contributed by atoms with Crippen LogP contribution in [0.15, 0.2) is 0 Å². The normalized spacial score (nSPS) is 32.1. The summed E-state index contributed by atoms with van der Waals surface area (Å²) in [5, 5.41) is 9.39. The summed E-state index contributed by atoms with van der Waals surface area (Å²) in [6.07, 6.45) is 1.92. The molecule has 1 rings (SSSR count). The van der Waals surface area contributed by atoms with Crippen LogP contribution in [0.25, 0.3) is 0 Å². The molecule has 1 aliphatic rings. The molecule has 0 aromatic rings. The van der Waals surface area contributed by atoms with Gasteiger partial charge in [0.25, 0.3) is 5.28 Å². The van der Waals surface area contributed by atoms with Gasteiger partial charge in [-0.1, -0.05) is 0 Å². The Bertz CT molecular complexity index is 245. The van der Waals surface area contributed by atoms with E-state index in [1.54, 1.807) is 0 Å². The maximum atomic E-state index is 10.9. The van der Waals surface area contributed by atoms with E-state index in [-0.39, 0.29) is 6.42 Å². The van der Waals surface area contributed by atoms with E-state index in [1.165, 1.54) is 13.1 Å². The van der Waals surface area contributed by atoms with Gasteiger partial charge >= 0.3 is 7.60 Å².